The lowest BCUT2D eigenvalue weighted by Crippen LogP contribution is -2.33. The summed E-state index contributed by atoms with van der Waals surface area (Å²) in [6.07, 6.45) is 3.90. The van der Waals surface area contributed by atoms with Crippen LogP contribution >= 0.6 is 0 Å². The molecule has 1 fully saturated rings. The van der Waals surface area contributed by atoms with Crippen LogP contribution in [0.2, 0.25) is 0 Å². The van der Waals surface area contributed by atoms with Crippen molar-refractivity contribution in [3.63, 3.8) is 0 Å². The van der Waals surface area contributed by atoms with Crippen LogP contribution in [0.5, 0.6) is 5.75 Å². The molecule has 3 atom stereocenters. The van der Waals surface area contributed by atoms with E-state index in [0.717, 1.165) is 17.4 Å². The summed E-state index contributed by atoms with van der Waals surface area (Å²) in [5, 5.41) is 3.72. The Balaban J connectivity index is 2.07. The van der Waals surface area contributed by atoms with Crippen LogP contribution in [0.25, 0.3) is 0 Å². The fourth-order valence-electron chi connectivity index (χ4n) is 3.04. The Morgan fingerprint density at radius 2 is 2.00 bits per heavy atom. The van der Waals surface area contributed by atoms with Gasteiger partial charge >= 0.3 is 0 Å². The number of aryl methyl sites for hydroxylation is 1. The Hall–Kier alpha value is -1.22. The summed E-state index contributed by atoms with van der Waals surface area (Å²) in [6.45, 7) is 8.00. The Morgan fingerprint density at radius 3 is 2.76 bits per heavy atom. The minimum absolute atomic E-state index is 0.543. The summed E-state index contributed by atoms with van der Waals surface area (Å²) in [7, 11) is 1.70. The molecule has 0 radical (unpaired) electrons. The molecule has 1 aliphatic carbocycles. The molecular weight excluding hydrogens is 262 g/mol. The summed E-state index contributed by atoms with van der Waals surface area (Å²) in [5.74, 6) is 2.47. The van der Waals surface area contributed by atoms with Crippen molar-refractivity contribution in [2.45, 2.75) is 46.1 Å². The van der Waals surface area contributed by atoms with E-state index < -0.39 is 0 Å². The first-order valence-electron chi connectivity index (χ1n) is 8.09. The molecule has 3 heteroatoms. The maximum Gasteiger partial charge on any atom is 0.142 e. The fourth-order valence-corrected chi connectivity index (χ4v) is 3.04. The van der Waals surface area contributed by atoms with Gasteiger partial charge in [-0.1, -0.05) is 26.3 Å². The second-order valence-corrected chi connectivity index (χ2v) is 6.49. The number of hydrogen-bond donors (Lipinski definition) is 1. The van der Waals surface area contributed by atoms with Crippen LogP contribution in [-0.4, -0.2) is 26.4 Å². The van der Waals surface area contributed by atoms with Gasteiger partial charge in [0.2, 0.25) is 0 Å². The molecule has 0 aromatic heterocycles. The van der Waals surface area contributed by atoms with E-state index in [0.29, 0.717) is 25.2 Å². The van der Waals surface area contributed by atoms with Crippen LogP contribution in [0.3, 0.4) is 0 Å². The van der Waals surface area contributed by atoms with E-state index in [9.17, 15) is 0 Å². The molecule has 0 amide bonds. The molecule has 21 heavy (non-hydrogen) atoms. The lowest BCUT2D eigenvalue weighted by atomic mass is 9.80. The molecule has 0 saturated heterocycles. The zero-order valence-electron chi connectivity index (χ0n) is 13.8. The number of nitrogens with one attached hydrogen (secondary N) is 1. The van der Waals surface area contributed by atoms with E-state index >= 15 is 0 Å². The maximum atomic E-state index is 5.87. The third-order valence-corrected chi connectivity index (χ3v) is 4.48. The van der Waals surface area contributed by atoms with E-state index in [2.05, 4.69) is 44.3 Å². The second-order valence-electron chi connectivity index (χ2n) is 6.49. The highest BCUT2D eigenvalue weighted by atomic mass is 16.5. The molecule has 1 aliphatic rings. The normalized spacial score (nSPS) is 25.6. The molecule has 1 aromatic rings. The van der Waals surface area contributed by atoms with Crippen LogP contribution in [-0.2, 0) is 4.74 Å². The van der Waals surface area contributed by atoms with E-state index in [1.807, 2.05) is 0 Å². The average molecular weight is 291 g/mol. The van der Waals surface area contributed by atoms with Gasteiger partial charge in [-0.2, -0.15) is 0 Å². The minimum atomic E-state index is 0.543. The van der Waals surface area contributed by atoms with Gasteiger partial charge < -0.3 is 14.8 Å². The first kappa shape index (κ1) is 16.2. The summed E-state index contributed by atoms with van der Waals surface area (Å²) < 4.78 is 10.9. The van der Waals surface area contributed by atoms with Crippen molar-refractivity contribution < 1.29 is 9.47 Å². The highest BCUT2D eigenvalue weighted by Crippen LogP contribution is 2.33. The third-order valence-electron chi connectivity index (χ3n) is 4.48. The minimum Gasteiger partial charge on any atom is -0.489 e. The smallest absolute Gasteiger partial charge is 0.142 e. The molecule has 0 spiro atoms. The summed E-state index contributed by atoms with van der Waals surface area (Å²) >= 11 is 0. The van der Waals surface area contributed by atoms with Gasteiger partial charge in [-0.15, -0.1) is 0 Å². The zero-order chi connectivity index (χ0) is 15.2. The molecule has 0 bridgehead atoms. The number of benzene rings is 1. The van der Waals surface area contributed by atoms with Crippen molar-refractivity contribution in [2.75, 3.05) is 25.6 Å². The molecule has 1 aromatic carbocycles. The second kappa shape index (κ2) is 7.69. The molecule has 0 heterocycles. The highest BCUT2D eigenvalue weighted by molar-refractivity contribution is 5.58. The molecule has 3 nitrogen and oxygen atoms in total. The van der Waals surface area contributed by atoms with Gasteiger partial charge in [-0.05, 0) is 49.3 Å². The number of ether oxygens (including phenoxy) is 2. The topological polar surface area (TPSA) is 30.5 Å². The van der Waals surface area contributed by atoms with E-state index in [1.165, 1.54) is 24.8 Å². The monoisotopic (exact) mass is 291 g/mol. The van der Waals surface area contributed by atoms with Crippen LogP contribution < -0.4 is 10.1 Å². The Morgan fingerprint density at radius 1 is 1.19 bits per heavy atom. The lowest BCUT2D eigenvalue weighted by Gasteiger charge is -2.34. The van der Waals surface area contributed by atoms with Crippen LogP contribution in [0.1, 0.15) is 38.7 Å². The molecule has 1 saturated carbocycles. The standard InChI is InChI=1S/C18H29NO2/c1-13-5-7-15(3)17(11-13)19-16-8-6-14(2)12-18(16)21-10-9-20-4/h6,8,12-13,15,17,19H,5,7,9-11H2,1-4H3. The zero-order valence-corrected chi connectivity index (χ0v) is 13.8. The maximum absolute atomic E-state index is 5.87. The molecule has 2 rings (SSSR count). The molecular formula is C18H29NO2. The number of hydrogen-bond acceptors (Lipinski definition) is 3. The molecule has 118 valence electrons. The van der Waals surface area contributed by atoms with Crippen LogP contribution in [0.15, 0.2) is 18.2 Å². The highest BCUT2D eigenvalue weighted by Gasteiger charge is 2.25. The van der Waals surface area contributed by atoms with Crippen LogP contribution in [0.4, 0.5) is 5.69 Å². The summed E-state index contributed by atoms with van der Waals surface area (Å²) in [4.78, 5) is 0. The number of rotatable bonds is 6. The Bertz CT molecular complexity index is 447. The number of anilines is 1. The molecule has 1 N–H and O–H groups in total. The first-order valence-corrected chi connectivity index (χ1v) is 8.09. The fraction of sp³-hybridized carbons (Fsp3) is 0.667. The molecule has 0 aliphatic heterocycles. The van der Waals surface area contributed by atoms with E-state index in [4.69, 9.17) is 9.47 Å². The largest absolute Gasteiger partial charge is 0.489 e. The summed E-state index contributed by atoms with van der Waals surface area (Å²) in [6, 6.07) is 6.93. The predicted octanol–water partition coefficient (Wildman–Crippen LogP) is 4.26. The molecule has 3 unspecified atom stereocenters. The van der Waals surface area contributed by atoms with E-state index in [1.54, 1.807) is 7.11 Å². The quantitative estimate of drug-likeness (QED) is 0.795. The number of methoxy groups -OCH3 is 1. The SMILES string of the molecule is COCCOc1cc(C)ccc1NC1CC(C)CCC1C. The van der Waals surface area contributed by atoms with Gasteiger partial charge in [-0.25, -0.2) is 0 Å². The predicted molar refractivity (Wildman–Crippen MR) is 88.1 cm³/mol. The van der Waals surface area contributed by atoms with Crippen LogP contribution in [0, 0.1) is 18.8 Å². The van der Waals surface area contributed by atoms with Gasteiger partial charge in [0.15, 0.2) is 0 Å². The third kappa shape index (κ3) is 4.63. The van der Waals surface area contributed by atoms with Crippen molar-refractivity contribution in [1.29, 1.82) is 0 Å². The van der Waals surface area contributed by atoms with Gasteiger partial charge in [0.05, 0.1) is 12.3 Å². The Kier molecular flexibility index (Phi) is 5.92. The van der Waals surface area contributed by atoms with Crippen molar-refractivity contribution in [3.8, 4) is 5.75 Å². The van der Waals surface area contributed by atoms with Crippen molar-refractivity contribution >= 4 is 5.69 Å². The van der Waals surface area contributed by atoms with E-state index in [-0.39, 0.29) is 0 Å². The van der Waals surface area contributed by atoms with Gasteiger partial charge in [0, 0.05) is 13.2 Å². The average Bonchev–Trinajstić information content (AvgIpc) is 2.46. The first-order chi connectivity index (χ1) is 10.1. The van der Waals surface area contributed by atoms with Gasteiger partial charge in [-0.3, -0.25) is 0 Å². The van der Waals surface area contributed by atoms with Crippen molar-refractivity contribution in [3.05, 3.63) is 23.8 Å². The van der Waals surface area contributed by atoms with Gasteiger partial charge in [0.25, 0.3) is 0 Å². The Labute approximate surface area is 129 Å². The van der Waals surface area contributed by atoms with Gasteiger partial charge in [0.1, 0.15) is 12.4 Å². The van der Waals surface area contributed by atoms with Crippen molar-refractivity contribution in [2.24, 2.45) is 11.8 Å². The lowest BCUT2D eigenvalue weighted by molar-refractivity contribution is 0.146. The van der Waals surface area contributed by atoms with Crippen molar-refractivity contribution in [1.82, 2.24) is 0 Å². The summed E-state index contributed by atoms with van der Waals surface area (Å²) in [5.41, 5.74) is 2.33.